The highest BCUT2D eigenvalue weighted by molar-refractivity contribution is 5.82. The molecule has 0 radical (unpaired) electrons. The smallest absolute Gasteiger partial charge is 0.410 e. The van der Waals surface area contributed by atoms with Crippen molar-refractivity contribution in [2.24, 2.45) is 5.92 Å². The molecule has 0 spiro atoms. The lowest BCUT2D eigenvalue weighted by Crippen LogP contribution is -2.50. The van der Waals surface area contributed by atoms with Crippen LogP contribution in [0, 0.1) is 17.2 Å². The molecule has 1 aliphatic rings. The number of amides is 2. The summed E-state index contributed by atoms with van der Waals surface area (Å²) in [5.41, 5.74) is 2.05. The fourth-order valence-electron chi connectivity index (χ4n) is 4.76. The molecule has 1 heterocycles. The van der Waals surface area contributed by atoms with E-state index in [0.29, 0.717) is 26.2 Å². The van der Waals surface area contributed by atoms with E-state index >= 15 is 0 Å². The fraction of sp³-hybridized carbons (Fsp3) is 0.516. The van der Waals surface area contributed by atoms with Crippen molar-refractivity contribution in [2.45, 2.75) is 64.9 Å². The van der Waals surface area contributed by atoms with Crippen molar-refractivity contribution >= 4 is 17.7 Å². The molecule has 2 aromatic rings. The summed E-state index contributed by atoms with van der Waals surface area (Å²) in [5, 5.41) is 13.6. The molecule has 3 rings (SSSR count). The van der Waals surface area contributed by atoms with E-state index in [-0.39, 0.29) is 30.5 Å². The van der Waals surface area contributed by atoms with E-state index in [1.54, 1.807) is 23.1 Å². The lowest BCUT2D eigenvalue weighted by Gasteiger charge is -2.36. The molecule has 228 valence electrons. The number of piperazine rings is 1. The summed E-state index contributed by atoms with van der Waals surface area (Å²) in [6, 6.07) is 12.5. The number of alkyl halides is 3. The molecule has 0 saturated carbocycles. The Labute approximate surface area is 245 Å². The summed E-state index contributed by atoms with van der Waals surface area (Å²) in [6.45, 7) is 11.3. The Bertz CT molecular complexity index is 1230. The van der Waals surface area contributed by atoms with Crippen LogP contribution in [0.1, 0.15) is 52.6 Å². The summed E-state index contributed by atoms with van der Waals surface area (Å²) in [5.74, 6) is -0.675. The van der Waals surface area contributed by atoms with E-state index in [1.807, 2.05) is 58.9 Å². The Balaban J connectivity index is 1.69. The van der Waals surface area contributed by atoms with Gasteiger partial charge in [-0.2, -0.15) is 18.4 Å². The Morgan fingerprint density at radius 3 is 1.98 bits per heavy atom. The monoisotopic (exact) mass is 587 g/mol. The van der Waals surface area contributed by atoms with Gasteiger partial charge in [-0.15, -0.1) is 0 Å². The number of rotatable bonds is 9. The predicted octanol–water partition coefficient (Wildman–Crippen LogP) is 5.66. The molecule has 0 bridgehead atoms. The Hall–Kier alpha value is -3.78. The first kappa shape index (κ1) is 32.7. The first-order chi connectivity index (χ1) is 19.7. The van der Waals surface area contributed by atoms with Gasteiger partial charge in [-0.3, -0.25) is 10.1 Å². The van der Waals surface area contributed by atoms with Crippen molar-refractivity contribution < 1.29 is 27.5 Å². The van der Waals surface area contributed by atoms with Gasteiger partial charge < -0.3 is 19.9 Å². The number of ether oxygens (including phenoxy) is 1. The highest BCUT2D eigenvalue weighted by Crippen LogP contribution is 2.35. The minimum Gasteiger partial charge on any atom is -0.444 e. The third-order valence-electron chi connectivity index (χ3n) is 6.80. The maximum atomic E-state index is 14.1. The van der Waals surface area contributed by atoms with E-state index in [0.717, 1.165) is 16.8 Å². The second-order valence-electron chi connectivity index (χ2n) is 11.8. The number of nitriles is 1. The van der Waals surface area contributed by atoms with E-state index < -0.39 is 29.8 Å². The van der Waals surface area contributed by atoms with Gasteiger partial charge in [0, 0.05) is 31.9 Å². The lowest BCUT2D eigenvalue weighted by atomic mass is 9.97. The van der Waals surface area contributed by atoms with Crippen LogP contribution in [-0.2, 0) is 9.53 Å². The first-order valence-corrected chi connectivity index (χ1v) is 14.1. The van der Waals surface area contributed by atoms with Gasteiger partial charge in [-0.1, -0.05) is 50.2 Å². The van der Waals surface area contributed by atoms with Gasteiger partial charge in [-0.25, -0.2) is 4.79 Å². The van der Waals surface area contributed by atoms with Crippen molar-refractivity contribution in [1.29, 1.82) is 5.26 Å². The van der Waals surface area contributed by atoms with E-state index in [4.69, 9.17) is 10.00 Å². The maximum Gasteiger partial charge on any atom is 0.410 e. The van der Waals surface area contributed by atoms with Crippen LogP contribution in [0.2, 0.25) is 0 Å². The van der Waals surface area contributed by atoms with Gasteiger partial charge in [0.1, 0.15) is 18.2 Å². The van der Waals surface area contributed by atoms with Crippen molar-refractivity contribution in [3.8, 4) is 17.2 Å². The molecular formula is C31H40F3N5O3. The molecule has 2 N–H and O–H groups in total. The second kappa shape index (κ2) is 13.9. The summed E-state index contributed by atoms with van der Waals surface area (Å²) >= 11 is 0. The third-order valence-corrected chi connectivity index (χ3v) is 6.80. The number of halogens is 3. The van der Waals surface area contributed by atoms with Crippen LogP contribution >= 0.6 is 0 Å². The van der Waals surface area contributed by atoms with Crippen molar-refractivity contribution in [1.82, 2.24) is 15.5 Å². The number of anilines is 1. The molecule has 8 nitrogen and oxygen atoms in total. The molecule has 0 aromatic heterocycles. The molecule has 11 heteroatoms. The number of hydrogen-bond acceptors (Lipinski definition) is 6. The molecule has 0 aliphatic carbocycles. The highest BCUT2D eigenvalue weighted by Gasteiger charge is 2.43. The maximum absolute atomic E-state index is 14.1. The first-order valence-electron chi connectivity index (χ1n) is 14.1. The van der Waals surface area contributed by atoms with Crippen LogP contribution in [0.5, 0.6) is 0 Å². The van der Waals surface area contributed by atoms with Crippen LogP contribution in [0.3, 0.4) is 0 Å². The Kier molecular flexibility index (Phi) is 10.9. The molecule has 42 heavy (non-hydrogen) atoms. The summed E-state index contributed by atoms with van der Waals surface area (Å²) < 4.78 is 47.8. The van der Waals surface area contributed by atoms with Gasteiger partial charge in [0.15, 0.2) is 0 Å². The molecule has 2 unspecified atom stereocenters. The second-order valence-corrected chi connectivity index (χ2v) is 11.8. The normalized spacial score (nSPS) is 15.6. The van der Waals surface area contributed by atoms with E-state index in [2.05, 4.69) is 15.5 Å². The Morgan fingerprint density at radius 1 is 0.952 bits per heavy atom. The number of carbonyl (C=O) groups is 2. The standard InChI is InChI=1S/C31H40F3N5O3/c1-21(2)20-26(28(40)36-15-14-35)37-27(31(32,33)34)24-8-6-22(7-9-24)23-10-12-25(13-11-23)38-16-18-39(19-17-38)29(41)42-30(3,4)5/h6-13,21,26-27,37H,15-20H2,1-5H3,(H,36,40). The number of benzene rings is 2. The molecule has 2 amide bonds. The van der Waals surface area contributed by atoms with Crippen molar-refractivity contribution in [3.63, 3.8) is 0 Å². The zero-order chi connectivity index (χ0) is 31.1. The highest BCUT2D eigenvalue weighted by atomic mass is 19.4. The molecule has 1 fully saturated rings. The van der Waals surface area contributed by atoms with Crippen LogP contribution in [0.15, 0.2) is 48.5 Å². The predicted molar refractivity (Wildman–Crippen MR) is 156 cm³/mol. The number of carbonyl (C=O) groups excluding carboxylic acids is 2. The van der Waals surface area contributed by atoms with Gasteiger partial charge >= 0.3 is 12.3 Å². The van der Waals surface area contributed by atoms with Crippen molar-refractivity contribution in [2.75, 3.05) is 37.6 Å². The van der Waals surface area contributed by atoms with Crippen LogP contribution in [0.25, 0.3) is 11.1 Å². The fourth-order valence-corrected chi connectivity index (χ4v) is 4.76. The number of nitrogens with zero attached hydrogens (tertiary/aromatic N) is 3. The van der Waals surface area contributed by atoms with Crippen molar-refractivity contribution in [3.05, 3.63) is 54.1 Å². The summed E-state index contributed by atoms with van der Waals surface area (Å²) in [7, 11) is 0. The third kappa shape index (κ3) is 9.38. The molecule has 1 saturated heterocycles. The summed E-state index contributed by atoms with van der Waals surface area (Å²) in [4.78, 5) is 28.7. The SMILES string of the molecule is CC(C)CC(NC(c1ccc(-c2ccc(N3CCN(C(=O)OC(C)(C)C)CC3)cc2)cc1)C(F)(F)F)C(=O)NCC#N. The molecular weight excluding hydrogens is 547 g/mol. The number of hydrogen-bond donors (Lipinski definition) is 2. The zero-order valence-corrected chi connectivity index (χ0v) is 24.8. The average molecular weight is 588 g/mol. The largest absolute Gasteiger partial charge is 0.444 e. The van der Waals surface area contributed by atoms with Gasteiger partial charge in [0.2, 0.25) is 5.91 Å². The van der Waals surface area contributed by atoms with Crippen LogP contribution in [0.4, 0.5) is 23.7 Å². The molecule has 1 aliphatic heterocycles. The van der Waals surface area contributed by atoms with E-state index in [1.165, 1.54) is 12.1 Å². The zero-order valence-electron chi connectivity index (χ0n) is 24.8. The number of nitrogens with one attached hydrogen (secondary N) is 2. The topological polar surface area (TPSA) is 97.7 Å². The molecule has 2 aromatic carbocycles. The van der Waals surface area contributed by atoms with Crippen LogP contribution in [-0.4, -0.2) is 67.4 Å². The minimum atomic E-state index is -4.64. The minimum absolute atomic E-state index is 0.00688. The van der Waals surface area contributed by atoms with Gasteiger partial charge in [0.25, 0.3) is 0 Å². The van der Waals surface area contributed by atoms with Gasteiger partial charge in [0.05, 0.1) is 12.1 Å². The lowest BCUT2D eigenvalue weighted by molar-refractivity contribution is -0.161. The van der Waals surface area contributed by atoms with E-state index in [9.17, 15) is 22.8 Å². The molecule has 2 atom stereocenters. The van der Waals surface area contributed by atoms with Crippen LogP contribution < -0.4 is 15.5 Å². The van der Waals surface area contributed by atoms with Gasteiger partial charge in [-0.05, 0) is 61.9 Å². The average Bonchev–Trinajstić information content (AvgIpc) is 2.92. The quantitative estimate of drug-likeness (QED) is 0.368. The Morgan fingerprint density at radius 2 is 1.50 bits per heavy atom. The summed E-state index contributed by atoms with van der Waals surface area (Å²) in [6.07, 6.45) is -4.77.